The minimum atomic E-state index is -0.400. The highest BCUT2D eigenvalue weighted by Gasteiger charge is 2.39. The zero-order valence-electron chi connectivity index (χ0n) is 16.3. The number of anilines is 1. The van der Waals surface area contributed by atoms with E-state index < -0.39 is 5.82 Å². The third-order valence-electron chi connectivity index (χ3n) is 5.98. The van der Waals surface area contributed by atoms with Crippen molar-refractivity contribution >= 4 is 23.2 Å². The summed E-state index contributed by atoms with van der Waals surface area (Å²) in [7, 11) is 0. The molecule has 6 nitrogen and oxygen atoms in total. The van der Waals surface area contributed by atoms with Gasteiger partial charge in [-0.25, -0.2) is 4.39 Å². The molecule has 3 heterocycles. The highest BCUT2D eigenvalue weighted by Crippen LogP contribution is 2.34. The number of aromatic nitrogens is 3. The fraction of sp³-hybridized carbons (Fsp3) is 0.318. The van der Waals surface area contributed by atoms with Crippen molar-refractivity contribution in [2.75, 3.05) is 18.4 Å². The summed E-state index contributed by atoms with van der Waals surface area (Å²) in [5.74, 6) is 1.25. The smallest absolute Gasteiger partial charge is 0.293 e. The zero-order chi connectivity index (χ0) is 20.7. The summed E-state index contributed by atoms with van der Waals surface area (Å²) < 4.78 is 15.3. The highest BCUT2D eigenvalue weighted by atomic mass is 35.5. The quantitative estimate of drug-likeness (QED) is 0.693. The van der Waals surface area contributed by atoms with Crippen LogP contribution in [0, 0.1) is 17.7 Å². The van der Waals surface area contributed by atoms with Gasteiger partial charge in [0.15, 0.2) is 0 Å². The molecule has 2 atom stereocenters. The van der Waals surface area contributed by atoms with Gasteiger partial charge < -0.3 is 9.88 Å². The van der Waals surface area contributed by atoms with Gasteiger partial charge >= 0.3 is 0 Å². The van der Waals surface area contributed by atoms with Crippen LogP contribution in [0.2, 0.25) is 5.02 Å². The van der Waals surface area contributed by atoms with Crippen LogP contribution in [-0.2, 0) is 19.5 Å². The molecule has 1 saturated heterocycles. The molecule has 1 amide bonds. The van der Waals surface area contributed by atoms with Gasteiger partial charge in [0, 0.05) is 43.3 Å². The fourth-order valence-electron chi connectivity index (χ4n) is 4.54. The van der Waals surface area contributed by atoms with Gasteiger partial charge in [-0.05, 0) is 41.7 Å². The van der Waals surface area contributed by atoms with Crippen LogP contribution in [0.15, 0.2) is 48.5 Å². The van der Waals surface area contributed by atoms with E-state index in [0.717, 1.165) is 42.5 Å². The van der Waals surface area contributed by atoms with Gasteiger partial charge in [-0.15, -0.1) is 10.2 Å². The molecular weight excluding hydrogens is 405 g/mol. The van der Waals surface area contributed by atoms with Crippen LogP contribution in [-0.4, -0.2) is 38.7 Å². The van der Waals surface area contributed by atoms with E-state index in [2.05, 4.69) is 26.5 Å². The van der Waals surface area contributed by atoms with Gasteiger partial charge in [0.05, 0.1) is 0 Å². The molecule has 0 radical (unpaired) electrons. The molecule has 1 N–H and O–H groups in total. The standard InChI is InChI=1S/C22H21ClFN5O/c23-19-7-2-1-4-14(19)10-28-11-15-8-20-26-27-21(29(20)13-16(15)12-28)22(30)25-18-6-3-5-17(24)9-18/h1-7,9,15-16H,8,10-13H2,(H,25,30)/t15-,16-/m1/s1. The Morgan fingerprint density at radius 3 is 2.77 bits per heavy atom. The summed E-state index contributed by atoms with van der Waals surface area (Å²) in [5, 5.41) is 11.9. The minimum absolute atomic E-state index is 0.275. The fourth-order valence-corrected chi connectivity index (χ4v) is 4.73. The van der Waals surface area contributed by atoms with Crippen LogP contribution in [0.4, 0.5) is 10.1 Å². The molecule has 8 heteroatoms. The summed E-state index contributed by atoms with van der Waals surface area (Å²) >= 11 is 6.33. The van der Waals surface area contributed by atoms with Crippen molar-refractivity contribution in [3.63, 3.8) is 0 Å². The maximum absolute atomic E-state index is 13.4. The van der Waals surface area contributed by atoms with Crippen LogP contribution in [0.25, 0.3) is 0 Å². The first-order valence-electron chi connectivity index (χ1n) is 10.0. The number of carbonyl (C=O) groups is 1. The van der Waals surface area contributed by atoms with Gasteiger partial charge in [0.2, 0.25) is 5.82 Å². The van der Waals surface area contributed by atoms with Crippen LogP contribution < -0.4 is 5.32 Å². The maximum atomic E-state index is 13.4. The molecule has 3 aromatic rings. The Hall–Kier alpha value is -2.77. The minimum Gasteiger partial charge on any atom is -0.319 e. The predicted molar refractivity (Wildman–Crippen MR) is 112 cm³/mol. The Morgan fingerprint density at radius 1 is 1.10 bits per heavy atom. The molecular formula is C22H21ClFN5O. The third kappa shape index (κ3) is 3.70. The number of fused-ring (bicyclic) bond motifs is 2. The predicted octanol–water partition coefficient (Wildman–Crippen LogP) is 3.63. The molecule has 1 fully saturated rings. The van der Waals surface area contributed by atoms with Gasteiger partial charge in [0.25, 0.3) is 5.91 Å². The average molecular weight is 426 g/mol. The summed E-state index contributed by atoms with van der Waals surface area (Å²) in [6.45, 7) is 3.45. The van der Waals surface area contributed by atoms with Crippen molar-refractivity contribution in [1.29, 1.82) is 0 Å². The number of benzene rings is 2. The molecule has 2 aromatic carbocycles. The molecule has 2 aliphatic rings. The summed E-state index contributed by atoms with van der Waals surface area (Å²) in [5.41, 5.74) is 1.53. The summed E-state index contributed by atoms with van der Waals surface area (Å²) in [4.78, 5) is 15.1. The normalized spacial score (nSPS) is 20.6. The Kier molecular flexibility index (Phi) is 5.00. The maximum Gasteiger partial charge on any atom is 0.293 e. The Balaban J connectivity index is 1.29. The summed E-state index contributed by atoms with van der Waals surface area (Å²) in [6, 6.07) is 13.8. The van der Waals surface area contributed by atoms with Crippen molar-refractivity contribution < 1.29 is 9.18 Å². The van der Waals surface area contributed by atoms with Gasteiger partial charge in [-0.1, -0.05) is 35.9 Å². The van der Waals surface area contributed by atoms with E-state index in [9.17, 15) is 9.18 Å². The lowest BCUT2D eigenvalue weighted by Gasteiger charge is -2.25. The second-order valence-electron chi connectivity index (χ2n) is 8.02. The van der Waals surface area contributed by atoms with Crippen LogP contribution in [0.1, 0.15) is 22.0 Å². The van der Waals surface area contributed by atoms with E-state index in [-0.39, 0.29) is 11.7 Å². The lowest BCUT2D eigenvalue weighted by molar-refractivity contribution is 0.100. The molecule has 154 valence electrons. The second-order valence-corrected chi connectivity index (χ2v) is 8.43. The molecule has 0 unspecified atom stereocenters. The Morgan fingerprint density at radius 2 is 1.93 bits per heavy atom. The number of nitrogens with one attached hydrogen (secondary N) is 1. The van der Waals surface area contributed by atoms with Crippen molar-refractivity contribution in [1.82, 2.24) is 19.7 Å². The number of nitrogens with zero attached hydrogens (tertiary/aromatic N) is 4. The topological polar surface area (TPSA) is 63.1 Å². The first-order valence-corrected chi connectivity index (χ1v) is 10.4. The lowest BCUT2D eigenvalue weighted by atomic mass is 9.89. The molecule has 1 aromatic heterocycles. The van der Waals surface area contributed by atoms with Gasteiger partial charge in [-0.3, -0.25) is 9.69 Å². The van der Waals surface area contributed by atoms with E-state index in [1.807, 2.05) is 22.8 Å². The monoisotopic (exact) mass is 425 g/mol. The highest BCUT2D eigenvalue weighted by molar-refractivity contribution is 6.31. The number of likely N-dealkylation sites (tertiary alicyclic amines) is 1. The van der Waals surface area contributed by atoms with E-state index in [1.54, 1.807) is 12.1 Å². The number of rotatable bonds is 4. The first-order chi connectivity index (χ1) is 14.6. The van der Waals surface area contributed by atoms with E-state index in [1.165, 1.54) is 12.1 Å². The molecule has 0 spiro atoms. The third-order valence-corrected chi connectivity index (χ3v) is 6.35. The zero-order valence-corrected chi connectivity index (χ0v) is 17.0. The number of hydrogen-bond donors (Lipinski definition) is 1. The molecule has 0 bridgehead atoms. The van der Waals surface area contributed by atoms with Crippen LogP contribution in [0.5, 0.6) is 0 Å². The van der Waals surface area contributed by atoms with Crippen LogP contribution in [0.3, 0.4) is 0 Å². The Labute approximate surface area is 178 Å². The number of halogens is 2. The lowest BCUT2D eigenvalue weighted by Crippen LogP contribution is -2.31. The SMILES string of the molecule is O=C(Nc1cccc(F)c1)c1nnc2n1C[C@H]1CN(Cc3ccccc3Cl)C[C@H]1C2. The van der Waals surface area contributed by atoms with Gasteiger partial charge in [0.1, 0.15) is 11.6 Å². The molecule has 30 heavy (non-hydrogen) atoms. The molecule has 5 rings (SSSR count). The van der Waals surface area contributed by atoms with Crippen molar-refractivity contribution in [2.45, 2.75) is 19.5 Å². The van der Waals surface area contributed by atoms with E-state index in [0.29, 0.717) is 24.1 Å². The summed E-state index contributed by atoms with van der Waals surface area (Å²) in [6.07, 6.45) is 0.796. The Bertz CT molecular complexity index is 1100. The largest absolute Gasteiger partial charge is 0.319 e. The van der Waals surface area contributed by atoms with Crippen LogP contribution >= 0.6 is 11.6 Å². The number of hydrogen-bond acceptors (Lipinski definition) is 4. The van der Waals surface area contributed by atoms with Gasteiger partial charge in [-0.2, -0.15) is 0 Å². The van der Waals surface area contributed by atoms with Crippen molar-refractivity contribution in [2.24, 2.45) is 11.8 Å². The molecule has 0 saturated carbocycles. The number of amides is 1. The number of carbonyl (C=O) groups excluding carboxylic acids is 1. The first kappa shape index (κ1) is 19.2. The second kappa shape index (κ2) is 7.81. The van der Waals surface area contributed by atoms with Crippen molar-refractivity contribution in [3.05, 3.63) is 76.6 Å². The molecule has 2 aliphatic heterocycles. The average Bonchev–Trinajstić information content (AvgIpc) is 3.30. The molecule has 0 aliphatic carbocycles. The van der Waals surface area contributed by atoms with E-state index >= 15 is 0 Å². The van der Waals surface area contributed by atoms with Crippen molar-refractivity contribution in [3.8, 4) is 0 Å². The van der Waals surface area contributed by atoms with E-state index in [4.69, 9.17) is 11.6 Å².